The minimum atomic E-state index is -0.999. The molecule has 0 saturated carbocycles. The number of carboxylic acids is 1. The van der Waals surface area contributed by atoms with Crippen molar-refractivity contribution < 1.29 is 19.4 Å². The molecule has 5 heteroatoms. The Morgan fingerprint density at radius 2 is 2.16 bits per heavy atom. The Labute approximate surface area is 112 Å². The normalized spacial score (nSPS) is 11.7. The SMILES string of the molecule is CCC[C@H](NC(=O)Cc1cccc(OC)c1)C(=O)O. The first-order chi connectivity index (χ1) is 9.06. The fourth-order valence-corrected chi connectivity index (χ4v) is 1.76. The van der Waals surface area contributed by atoms with Crippen molar-refractivity contribution in [3.8, 4) is 5.75 Å². The molecule has 0 aliphatic rings. The van der Waals surface area contributed by atoms with Gasteiger partial charge in [-0.05, 0) is 24.1 Å². The van der Waals surface area contributed by atoms with E-state index in [9.17, 15) is 9.59 Å². The molecule has 5 nitrogen and oxygen atoms in total. The quantitative estimate of drug-likeness (QED) is 0.785. The van der Waals surface area contributed by atoms with Gasteiger partial charge in [0, 0.05) is 0 Å². The molecule has 1 aromatic carbocycles. The predicted octanol–water partition coefficient (Wildman–Crippen LogP) is 1.61. The molecule has 0 unspecified atom stereocenters. The zero-order valence-electron chi connectivity index (χ0n) is 11.2. The first-order valence-corrected chi connectivity index (χ1v) is 6.22. The van der Waals surface area contributed by atoms with Gasteiger partial charge >= 0.3 is 5.97 Å². The highest BCUT2D eigenvalue weighted by Crippen LogP contribution is 2.13. The minimum absolute atomic E-state index is 0.144. The Morgan fingerprint density at radius 3 is 2.74 bits per heavy atom. The van der Waals surface area contributed by atoms with Crippen molar-refractivity contribution in [2.75, 3.05) is 7.11 Å². The van der Waals surface area contributed by atoms with Gasteiger partial charge in [0.1, 0.15) is 11.8 Å². The van der Waals surface area contributed by atoms with Crippen LogP contribution >= 0.6 is 0 Å². The summed E-state index contributed by atoms with van der Waals surface area (Å²) < 4.78 is 5.07. The van der Waals surface area contributed by atoms with E-state index in [1.54, 1.807) is 31.4 Å². The van der Waals surface area contributed by atoms with Crippen molar-refractivity contribution in [3.05, 3.63) is 29.8 Å². The predicted molar refractivity (Wildman–Crippen MR) is 71.2 cm³/mol. The number of benzene rings is 1. The van der Waals surface area contributed by atoms with E-state index in [1.807, 2.05) is 6.92 Å². The van der Waals surface area contributed by atoms with E-state index < -0.39 is 12.0 Å². The highest BCUT2D eigenvalue weighted by atomic mass is 16.5. The molecule has 0 aliphatic heterocycles. The van der Waals surface area contributed by atoms with Gasteiger partial charge < -0.3 is 15.2 Å². The number of methoxy groups -OCH3 is 1. The summed E-state index contributed by atoms with van der Waals surface area (Å²) in [5, 5.41) is 11.5. The lowest BCUT2D eigenvalue weighted by molar-refractivity contribution is -0.141. The molecule has 19 heavy (non-hydrogen) atoms. The topological polar surface area (TPSA) is 75.6 Å². The van der Waals surface area contributed by atoms with Crippen LogP contribution in [0.5, 0.6) is 5.75 Å². The second-order valence-electron chi connectivity index (χ2n) is 4.28. The maximum atomic E-state index is 11.8. The molecular formula is C14H19NO4. The first-order valence-electron chi connectivity index (χ1n) is 6.22. The van der Waals surface area contributed by atoms with E-state index in [4.69, 9.17) is 9.84 Å². The Bertz CT molecular complexity index is 445. The van der Waals surface area contributed by atoms with Gasteiger partial charge in [-0.3, -0.25) is 4.79 Å². The van der Waals surface area contributed by atoms with Crippen LogP contribution in [0.3, 0.4) is 0 Å². The summed E-state index contributed by atoms with van der Waals surface area (Å²) in [5.41, 5.74) is 0.789. The van der Waals surface area contributed by atoms with Gasteiger partial charge in [0.25, 0.3) is 0 Å². The van der Waals surface area contributed by atoms with Crippen molar-refractivity contribution >= 4 is 11.9 Å². The highest BCUT2D eigenvalue weighted by molar-refractivity contribution is 5.84. The molecule has 1 aromatic rings. The van der Waals surface area contributed by atoms with Crippen LogP contribution in [0.2, 0.25) is 0 Å². The first kappa shape index (κ1) is 15.0. The summed E-state index contributed by atoms with van der Waals surface area (Å²) in [6.07, 6.45) is 1.28. The zero-order chi connectivity index (χ0) is 14.3. The summed E-state index contributed by atoms with van der Waals surface area (Å²) >= 11 is 0. The molecule has 1 amide bonds. The van der Waals surface area contributed by atoms with E-state index in [2.05, 4.69) is 5.32 Å². The van der Waals surface area contributed by atoms with E-state index in [0.29, 0.717) is 18.6 Å². The van der Waals surface area contributed by atoms with Crippen molar-refractivity contribution in [2.24, 2.45) is 0 Å². The number of nitrogens with one attached hydrogen (secondary N) is 1. The molecule has 0 spiro atoms. The number of aliphatic carboxylic acids is 1. The van der Waals surface area contributed by atoms with Crippen molar-refractivity contribution in [2.45, 2.75) is 32.2 Å². The van der Waals surface area contributed by atoms with Crippen LogP contribution in [-0.4, -0.2) is 30.1 Å². The molecule has 0 aromatic heterocycles. The van der Waals surface area contributed by atoms with Crippen molar-refractivity contribution in [1.29, 1.82) is 0 Å². The summed E-state index contributed by atoms with van der Waals surface area (Å²) in [7, 11) is 1.56. The van der Waals surface area contributed by atoms with Gasteiger partial charge in [-0.15, -0.1) is 0 Å². The highest BCUT2D eigenvalue weighted by Gasteiger charge is 2.18. The molecule has 2 N–H and O–H groups in total. The lowest BCUT2D eigenvalue weighted by Crippen LogP contribution is -2.41. The van der Waals surface area contributed by atoms with Crippen molar-refractivity contribution in [1.82, 2.24) is 5.32 Å². The number of hydrogen-bond acceptors (Lipinski definition) is 3. The third-order valence-corrected chi connectivity index (χ3v) is 2.71. The summed E-state index contributed by atoms with van der Waals surface area (Å²) in [6.45, 7) is 1.88. The molecule has 0 aliphatic carbocycles. The van der Waals surface area contributed by atoms with E-state index in [0.717, 1.165) is 5.56 Å². The number of hydrogen-bond donors (Lipinski definition) is 2. The van der Waals surface area contributed by atoms with Gasteiger partial charge in [-0.2, -0.15) is 0 Å². The third-order valence-electron chi connectivity index (χ3n) is 2.71. The van der Waals surface area contributed by atoms with E-state index in [-0.39, 0.29) is 12.3 Å². The largest absolute Gasteiger partial charge is 0.497 e. The van der Waals surface area contributed by atoms with Gasteiger partial charge in [0.15, 0.2) is 0 Å². The van der Waals surface area contributed by atoms with Crippen LogP contribution in [0, 0.1) is 0 Å². The van der Waals surface area contributed by atoms with Gasteiger partial charge in [-0.1, -0.05) is 25.5 Å². The lowest BCUT2D eigenvalue weighted by atomic mass is 10.1. The second-order valence-corrected chi connectivity index (χ2v) is 4.28. The molecule has 0 bridgehead atoms. The number of rotatable bonds is 7. The number of ether oxygens (including phenoxy) is 1. The number of carboxylic acid groups (broad SMARTS) is 1. The van der Waals surface area contributed by atoms with Crippen LogP contribution < -0.4 is 10.1 Å². The van der Waals surface area contributed by atoms with Gasteiger partial charge in [0.05, 0.1) is 13.5 Å². The Kier molecular flexibility index (Phi) is 5.85. The Balaban J connectivity index is 2.60. The number of amides is 1. The van der Waals surface area contributed by atoms with Crippen LogP contribution in [0.15, 0.2) is 24.3 Å². The maximum Gasteiger partial charge on any atom is 0.326 e. The summed E-state index contributed by atoms with van der Waals surface area (Å²) in [4.78, 5) is 22.7. The van der Waals surface area contributed by atoms with E-state index >= 15 is 0 Å². The number of carbonyl (C=O) groups excluding carboxylic acids is 1. The summed E-state index contributed by atoms with van der Waals surface area (Å²) in [6, 6.07) is 6.33. The van der Waals surface area contributed by atoms with Crippen LogP contribution in [-0.2, 0) is 16.0 Å². The molecule has 1 atom stereocenters. The van der Waals surface area contributed by atoms with Crippen molar-refractivity contribution in [3.63, 3.8) is 0 Å². The molecule has 104 valence electrons. The zero-order valence-corrected chi connectivity index (χ0v) is 11.2. The van der Waals surface area contributed by atoms with Gasteiger partial charge in [0.2, 0.25) is 5.91 Å². The van der Waals surface area contributed by atoms with Crippen LogP contribution in [0.1, 0.15) is 25.3 Å². The second kappa shape index (κ2) is 7.41. The monoisotopic (exact) mass is 265 g/mol. The average Bonchev–Trinajstić information content (AvgIpc) is 2.38. The van der Waals surface area contributed by atoms with Crippen LogP contribution in [0.4, 0.5) is 0 Å². The molecule has 0 heterocycles. The fourth-order valence-electron chi connectivity index (χ4n) is 1.76. The van der Waals surface area contributed by atoms with Gasteiger partial charge in [-0.25, -0.2) is 4.79 Å². The fraction of sp³-hybridized carbons (Fsp3) is 0.429. The smallest absolute Gasteiger partial charge is 0.326 e. The Morgan fingerprint density at radius 1 is 1.42 bits per heavy atom. The maximum absolute atomic E-state index is 11.8. The molecule has 0 fully saturated rings. The van der Waals surface area contributed by atoms with E-state index in [1.165, 1.54) is 0 Å². The number of carbonyl (C=O) groups is 2. The summed E-state index contributed by atoms with van der Waals surface area (Å²) in [5.74, 6) is -0.622. The molecule has 0 saturated heterocycles. The lowest BCUT2D eigenvalue weighted by Gasteiger charge is -2.13. The standard InChI is InChI=1S/C14H19NO4/c1-3-5-12(14(17)18)15-13(16)9-10-6-4-7-11(8-10)19-2/h4,6-8,12H,3,5,9H2,1-2H3,(H,15,16)(H,17,18)/t12-/m0/s1. The average molecular weight is 265 g/mol. The molecule has 1 rings (SSSR count). The minimum Gasteiger partial charge on any atom is -0.497 e. The molecular weight excluding hydrogens is 246 g/mol. The van der Waals surface area contributed by atoms with Crippen LogP contribution in [0.25, 0.3) is 0 Å². The Hall–Kier alpha value is -2.04. The third kappa shape index (κ3) is 4.99. The molecule has 0 radical (unpaired) electrons.